The van der Waals surface area contributed by atoms with Crippen molar-refractivity contribution in [1.29, 1.82) is 0 Å². The molecule has 0 fully saturated rings. The number of rotatable bonds is 2. The lowest BCUT2D eigenvalue weighted by Crippen LogP contribution is -2.15. The minimum Gasteiger partial charge on any atom is -0.346 e. The molecule has 3 nitrogen and oxygen atoms in total. The molecule has 0 atom stereocenters. The number of benzene rings is 1. The summed E-state index contributed by atoms with van der Waals surface area (Å²) in [6.45, 7) is 6.28. The number of aryl methyl sites for hydroxylation is 2. The molecule has 3 rings (SSSR count). The van der Waals surface area contributed by atoms with E-state index in [2.05, 4.69) is 30.3 Å². The molecule has 0 saturated carbocycles. The van der Waals surface area contributed by atoms with Crippen LogP contribution >= 0.6 is 12.2 Å². The molecule has 1 aliphatic rings. The van der Waals surface area contributed by atoms with E-state index in [1.54, 1.807) is 14.0 Å². The molecule has 1 aliphatic carbocycles. The molecule has 0 aliphatic heterocycles. The van der Waals surface area contributed by atoms with Gasteiger partial charge in [-0.05, 0) is 42.4 Å². The maximum Gasteiger partial charge on any atom is 0.221 e. The fraction of sp³-hybridized carbons (Fsp3) is 0.412. The summed E-state index contributed by atoms with van der Waals surface area (Å²) in [4.78, 5) is 0.390. The van der Waals surface area contributed by atoms with Gasteiger partial charge in [0.25, 0.3) is 0 Å². The molecule has 1 N–H and O–H groups in total. The lowest BCUT2D eigenvalue weighted by atomic mass is 9.86. The van der Waals surface area contributed by atoms with Gasteiger partial charge >= 0.3 is 0 Å². The fourth-order valence-electron chi connectivity index (χ4n) is 3.25. The van der Waals surface area contributed by atoms with E-state index in [0.717, 1.165) is 18.5 Å². The summed E-state index contributed by atoms with van der Waals surface area (Å²) in [6.07, 6.45) is 2.14. The maximum absolute atomic E-state index is 14.1. The van der Waals surface area contributed by atoms with Crippen molar-refractivity contribution in [3.8, 4) is 0 Å². The number of anilines is 1. The van der Waals surface area contributed by atoms with Gasteiger partial charge in [-0.3, -0.25) is 0 Å². The van der Waals surface area contributed by atoms with Crippen LogP contribution in [-0.4, -0.2) is 14.8 Å². The van der Waals surface area contributed by atoms with Gasteiger partial charge < -0.3 is 5.32 Å². The van der Waals surface area contributed by atoms with Crippen LogP contribution < -0.4 is 5.32 Å². The van der Waals surface area contributed by atoms with Crippen LogP contribution in [0.2, 0.25) is 0 Å². The van der Waals surface area contributed by atoms with E-state index >= 15 is 0 Å². The Balaban J connectivity index is 1.95. The second kappa shape index (κ2) is 5.16. The predicted molar refractivity (Wildman–Crippen MR) is 91.0 cm³/mol. The summed E-state index contributed by atoms with van der Waals surface area (Å²) in [5.74, 6) is -0.400. The van der Waals surface area contributed by atoms with E-state index in [0.29, 0.717) is 16.2 Å². The number of fused-ring (bicyclic) bond motifs is 1. The Morgan fingerprint density at radius 3 is 2.77 bits per heavy atom. The van der Waals surface area contributed by atoms with Gasteiger partial charge in [0.1, 0.15) is 4.99 Å². The first-order chi connectivity index (χ1) is 10.3. The Kier molecular flexibility index (Phi) is 3.56. The molecule has 1 aromatic heterocycles. The highest BCUT2D eigenvalue weighted by Crippen LogP contribution is 2.41. The van der Waals surface area contributed by atoms with E-state index in [4.69, 9.17) is 12.2 Å². The van der Waals surface area contributed by atoms with Gasteiger partial charge in [-0.1, -0.05) is 38.2 Å². The largest absolute Gasteiger partial charge is 0.346 e. The first-order valence-electron chi connectivity index (χ1n) is 7.44. The topological polar surface area (TPSA) is 29.9 Å². The number of halogens is 1. The molecule has 0 radical (unpaired) electrons. The monoisotopic (exact) mass is 317 g/mol. The minimum absolute atomic E-state index is 0.185. The van der Waals surface area contributed by atoms with Crippen molar-refractivity contribution in [3.63, 3.8) is 0 Å². The Hall–Kier alpha value is -1.75. The quantitative estimate of drug-likeness (QED) is 0.853. The summed E-state index contributed by atoms with van der Waals surface area (Å²) < 4.78 is 15.4. The van der Waals surface area contributed by atoms with Crippen molar-refractivity contribution in [2.45, 2.75) is 39.0 Å². The molecule has 116 valence electrons. The molecule has 1 aromatic carbocycles. The zero-order valence-electron chi connectivity index (χ0n) is 13.3. The Morgan fingerprint density at radius 1 is 1.41 bits per heavy atom. The third-order valence-electron chi connectivity index (χ3n) is 4.53. The highest BCUT2D eigenvalue weighted by Gasteiger charge is 2.31. The zero-order chi connectivity index (χ0) is 16.1. The molecule has 2 aromatic rings. The van der Waals surface area contributed by atoms with Crippen LogP contribution in [0.1, 0.15) is 42.7 Å². The molecule has 5 heteroatoms. The third kappa shape index (κ3) is 2.33. The summed E-state index contributed by atoms with van der Waals surface area (Å²) in [5, 5.41) is 7.31. The molecule has 0 unspecified atom stereocenters. The standard InChI is InChI=1S/C17H20FN3S/c1-10-14(15(18)21(4)20-10)16(22)19-13-7-5-6-12-11(13)8-9-17(12,2)3/h5-7H,8-9H2,1-4H3,(H,19,22). The van der Waals surface area contributed by atoms with Crippen molar-refractivity contribution in [1.82, 2.24) is 9.78 Å². The van der Waals surface area contributed by atoms with E-state index in [9.17, 15) is 4.39 Å². The van der Waals surface area contributed by atoms with Gasteiger partial charge in [0.15, 0.2) is 0 Å². The van der Waals surface area contributed by atoms with Crippen molar-refractivity contribution in [2.24, 2.45) is 7.05 Å². The average Bonchev–Trinajstić information content (AvgIpc) is 2.88. The summed E-state index contributed by atoms with van der Waals surface area (Å²) in [5.41, 5.74) is 4.79. The highest BCUT2D eigenvalue weighted by molar-refractivity contribution is 7.81. The van der Waals surface area contributed by atoms with E-state index < -0.39 is 5.95 Å². The molecule has 1 heterocycles. The number of hydrogen-bond acceptors (Lipinski definition) is 2. The summed E-state index contributed by atoms with van der Waals surface area (Å²) in [7, 11) is 1.58. The first kappa shape index (κ1) is 15.2. The van der Waals surface area contributed by atoms with Crippen molar-refractivity contribution in [2.75, 3.05) is 5.32 Å². The van der Waals surface area contributed by atoms with E-state index in [1.165, 1.54) is 15.8 Å². The molecule has 0 amide bonds. The second-order valence-electron chi connectivity index (χ2n) is 6.54. The lowest BCUT2D eigenvalue weighted by Gasteiger charge is -2.19. The Bertz CT molecular complexity index is 762. The van der Waals surface area contributed by atoms with Gasteiger partial charge in [-0.15, -0.1) is 0 Å². The van der Waals surface area contributed by atoms with E-state index in [1.807, 2.05) is 12.1 Å². The number of hydrogen-bond donors (Lipinski definition) is 1. The number of nitrogens with zero attached hydrogens (tertiary/aromatic N) is 2. The predicted octanol–water partition coefficient (Wildman–Crippen LogP) is 3.88. The Morgan fingerprint density at radius 2 is 2.14 bits per heavy atom. The number of thiocarbonyl (C=S) groups is 1. The molecular weight excluding hydrogens is 297 g/mol. The zero-order valence-corrected chi connectivity index (χ0v) is 14.1. The third-order valence-corrected chi connectivity index (χ3v) is 4.84. The van der Waals surface area contributed by atoms with Crippen molar-refractivity contribution >= 4 is 22.9 Å². The second-order valence-corrected chi connectivity index (χ2v) is 6.95. The van der Waals surface area contributed by atoms with Gasteiger partial charge in [-0.25, -0.2) is 4.68 Å². The fourth-order valence-corrected chi connectivity index (χ4v) is 3.59. The summed E-state index contributed by atoms with van der Waals surface area (Å²) >= 11 is 5.41. The lowest BCUT2D eigenvalue weighted by molar-refractivity contribution is 0.502. The van der Waals surface area contributed by atoms with Crippen LogP contribution in [0.4, 0.5) is 10.1 Å². The van der Waals surface area contributed by atoms with Crippen LogP contribution in [-0.2, 0) is 18.9 Å². The van der Waals surface area contributed by atoms with Crippen molar-refractivity contribution in [3.05, 3.63) is 46.5 Å². The smallest absolute Gasteiger partial charge is 0.221 e. The van der Waals surface area contributed by atoms with Crippen LogP contribution in [0.25, 0.3) is 0 Å². The SMILES string of the molecule is Cc1nn(C)c(F)c1C(=S)Nc1cccc2c1CCC2(C)C. The average molecular weight is 317 g/mol. The molecular formula is C17H20FN3S. The van der Waals surface area contributed by atoms with Crippen molar-refractivity contribution < 1.29 is 4.39 Å². The van der Waals surface area contributed by atoms with Crippen LogP contribution in [0.3, 0.4) is 0 Å². The van der Waals surface area contributed by atoms with Crippen LogP contribution in [0, 0.1) is 12.9 Å². The van der Waals surface area contributed by atoms with Gasteiger partial charge in [-0.2, -0.15) is 9.49 Å². The number of nitrogens with one attached hydrogen (secondary N) is 1. The minimum atomic E-state index is -0.400. The van der Waals surface area contributed by atoms with Gasteiger partial charge in [0, 0.05) is 12.7 Å². The molecule has 0 bridgehead atoms. The molecule has 0 saturated heterocycles. The normalized spacial score (nSPS) is 15.7. The molecule has 0 spiro atoms. The van der Waals surface area contributed by atoms with Crippen LogP contribution in [0.5, 0.6) is 0 Å². The van der Waals surface area contributed by atoms with Gasteiger partial charge in [0.05, 0.1) is 11.3 Å². The number of aromatic nitrogens is 2. The van der Waals surface area contributed by atoms with E-state index in [-0.39, 0.29) is 5.41 Å². The highest BCUT2D eigenvalue weighted by atomic mass is 32.1. The maximum atomic E-state index is 14.1. The molecule has 22 heavy (non-hydrogen) atoms. The summed E-state index contributed by atoms with van der Waals surface area (Å²) in [6, 6.07) is 6.21. The Labute approximate surface area is 135 Å². The van der Waals surface area contributed by atoms with Crippen LogP contribution in [0.15, 0.2) is 18.2 Å². The first-order valence-corrected chi connectivity index (χ1v) is 7.85. The van der Waals surface area contributed by atoms with Gasteiger partial charge in [0.2, 0.25) is 5.95 Å².